The van der Waals surface area contributed by atoms with E-state index in [0.29, 0.717) is 0 Å². The lowest BCUT2D eigenvalue weighted by molar-refractivity contribution is 0.478. The van der Waals surface area contributed by atoms with Gasteiger partial charge >= 0.3 is 0 Å². The van der Waals surface area contributed by atoms with Crippen molar-refractivity contribution >= 4 is 20.2 Å². The molecule has 0 saturated carbocycles. The van der Waals surface area contributed by atoms with Gasteiger partial charge in [-0.1, -0.05) is 0 Å². The highest BCUT2D eigenvalue weighted by atomic mass is 32.2. The van der Waals surface area contributed by atoms with Crippen molar-refractivity contribution in [1.82, 2.24) is 10.6 Å². The highest BCUT2D eigenvalue weighted by Gasteiger charge is 2.03. The van der Waals surface area contributed by atoms with Crippen molar-refractivity contribution in [3.05, 3.63) is 0 Å². The predicted octanol–water partition coefficient (Wildman–Crippen LogP) is -2.10. The Morgan fingerprint density at radius 1 is 0.800 bits per heavy atom. The third-order valence-electron chi connectivity index (χ3n) is 1.32. The van der Waals surface area contributed by atoms with Gasteiger partial charge in [-0.25, -0.2) is 0 Å². The zero-order valence-corrected chi connectivity index (χ0v) is 9.51. The average Bonchev–Trinajstić information content (AvgIpc) is 1.98. The fourth-order valence-electron chi connectivity index (χ4n) is 0.667. The molecule has 0 rings (SSSR count). The minimum Gasteiger partial charge on any atom is -0.303 e. The Bertz CT molecular complexity index is 325. The van der Waals surface area contributed by atoms with E-state index in [1.165, 1.54) is 0 Å². The van der Waals surface area contributed by atoms with Crippen LogP contribution in [0.5, 0.6) is 0 Å². The second kappa shape index (κ2) is 6.35. The molecule has 0 fully saturated rings. The van der Waals surface area contributed by atoms with Crippen molar-refractivity contribution in [2.24, 2.45) is 0 Å². The summed E-state index contributed by atoms with van der Waals surface area (Å²) in [6.07, 6.45) is 0. The third-order valence-corrected chi connectivity index (χ3v) is 2.76. The Morgan fingerprint density at radius 3 is 1.40 bits per heavy atom. The van der Waals surface area contributed by atoms with Crippen LogP contribution < -0.4 is 10.6 Å². The molecule has 0 radical (unpaired) electrons. The maximum absolute atomic E-state index is 10.2. The van der Waals surface area contributed by atoms with Crippen molar-refractivity contribution in [3.63, 3.8) is 0 Å². The van der Waals surface area contributed by atoms with Crippen LogP contribution in [0.4, 0.5) is 0 Å². The van der Waals surface area contributed by atoms with Crippen LogP contribution in [0.3, 0.4) is 0 Å². The second-order valence-corrected chi connectivity index (χ2v) is 5.89. The molecule has 0 amide bonds. The summed E-state index contributed by atoms with van der Waals surface area (Å²) in [7, 11) is -7.93. The SMILES string of the molecule is O=S(=O)(O)CCNCNCCS(=O)(=O)O. The van der Waals surface area contributed by atoms with E-state index in [2.05, 4.69) is 10.6 Å². The molecule has 0 spiro atoms. The van der Waals surface area contributed by atoms with Crippen LogP contribution in [-0.2, 0) is 20.2 Å². The third kappa shape index (κ3) is 13.7. The molecule has 8 nitrogen and oxygen atoms in total. The molecule has 0 aliphatic heterocycles. The molecule has 0 aliphatic carbocycles. The van der Waals surface area contributed by atoms with Crippen molar-refractivity contribution in [2.45, 2.75) is 0 Å². The van der Waals surface area contributed by atoms with Crippen LogP contribution in [0.1, 0.15) is 0 Å². The minimum atomic E-state index is -3.97. The fourth-order valence-corrected chi connectivity index (χ4v) is 1.47. The van der Waals surface area contributed by atoms with Gasteiger partial charge in [-0.15, -0.1) is 0 Å². The molecule has 0 unspecified atom stereocenters. The Morgan fingerprint density at radius 2 is 1.13 bits per heavy atom. The fraction of sp³-hybridized carbons (Fsp3) is 1.00. The Balaban J connectivity index is 3.34. The van der Waals surface area contributed by atoms with Gasteiger partial charge in [0.1, 0.15) is 0 Å². The molecule has 0 aromatic rings. The van der Waals surface area contributed by atoms with E-state index in [4.69, 9.17) is 9.11 Å². The molecular formula is C5H14N2O6S2. The van der Waals surface area contributed by atoms with Crippen molar-refractivity contribution < 1.29 is 25.9 Å². The number of hydrogen-bond acceptors (Lipinski definition) is 6. The first-order chi connectivity index (χ1) is 6.71. The van der Waals surface area contributed by atoms with Gasteiger partial charge in [0.25, 0.3) is 20.2 Å². The van der Waals surface area contributed by atoms with E-state index < -0.39 is 31.7 Å². The number of hydrogen-bond donors (Lipinski definition) is 4. The summed E-state index contributed by atoms with van der Waals surface area (Å²) in [6.45, 7) is 0.292. The maximum atomic E-state index is 10.2. The van der Waals surface area contributed by atoms with Gasteiger partial charge in [0.05, 0.1) is 11.5 Å². The van der Waals surface area contributed by atoms with Crippen LogP contribution in [0.25, 0.3) is 0 Å². The van der Waals surface area contributed by atoms with Gasteiger partial charge < -0.3 is 10.6 Å². The Kier molecular flexibility index (Phi) is 6.24. The molecule has 0 aromatic heterocycles. The van der Waals surface area contributed by atoms with E-state index in [-0.39, 0.29) is 19.8 Å². The Labute approximate surface area is 88.6 Å². The molecule has 0 aromatic carbocycles. The summed E-state index contributed by atoms with van der Waals surface area (Å²) in [6, 6.07) is 0. The zero-order valence-electron chi connectivity index (χ0n) is 7.88. The molecule has 92 valence electrons. The molecule has 0 saturated heterocycles. The van der Waals surface area contributed by atoms with E-state index >= 15 is 0 Å². The van der Waals surface area contributed by atoms with Gasteiger partial charge in [-0.3, -0.25) is 9.11 Å². The number of rotatable bonds is 8. The van der Waals surface area contributed by atoms with Crippen molar-refractivity contribution in [1.29, 1.82) is 0 Å². The van der Waals surface area contributed by atoms with Crippen LogP contribution >= 0.6 is 0 Å². The highest BCUT2D eigenvalue weighted by molar-refractivity contribution is 7.86. The summed E-state index contributed by atoms with van der Waals surface area (Å²) >= 11 is 0. The lowest BCUT2D eigenvalue weighted by atomic mass is 10.7. The van der Waals surface area contributed by atoms with Gasteiger partial charge in [0, 0.05) is 19.8 Å². The van der Waals surface area contributed by atoms with E-state index in [1.807, 2.05) is 0 Å². The first-order valence-corrected chi connectivity index (χ1v) is 7.24. The predicted molar refractivity (Wildman–Crippen MR) is 53.7 cm³/mol. The highest BCUT2D eigenvalue weighted by Crippen LogP contribution is 1.79. The van der Waals surface area contributed by atoms with Crippen LogP contribution in [-0.4, -0.2) is 57.2 Å². The van der Waals surface area contributed by atoms with Gasteiger partial charge in [0.15, 0.2) is 0 Å². The van der Waals surface area contributed by atoms with E-state index in [0.717, 1.165) is 0 Å². The van der Waals surface area contributed by atoms with Gasteiger partial charge in [-0.05, 0) is 0 Å². The standard InChI is InChI=1S/C5H14N2O6S2/c8-14(9,10)3-1-6-5-7-2-4-15(11,12)13/h6-7H,1-5H2,(H,8,9,10)(H,11,12,13). The van der Waals surface area contributed by atoms with E-state index in [9.17, 15) is 16.8 Å². The first kappa shape index (κ1) is 14.7. The number of nitrogens with one attached hydrogen (secondary N) is 2. The summed E-state index contributed by atoms with van der Waals surface area (Å²) in [5.41, 5.74) is 0. The molecule has 0 heterocycles. The lowest BCUT2D eigenvalue weighted by Gasteiger charge is -2.04. The Hall–Kier alpha value is -0.260. The van der Waals surface area contributed by atoms with Crippen molar-refractivity contribution in [2.75, 3.05) is 31.3 Å². The largest absolute Gasteiger partial charge is 0.303 e. The lowest BCUT2D eigenvalue weighted by Crippen LogP contribution is -2.34. The minimum absolute atomic E-state index is 0.0533. The summed E-state index contributed by atoms with van der Waals surface area (Å²) in [5.74, 6) is -0.819. The quantitative estimate of drug-likeness (QED) is 0.222. The molecule has 10 heteroatoms. The molecule has 0 atom stereocenters. The summed E-state index contributed by atoms with van der Waals surface area (Å²) < 4.78 is 57.6. The average molecular weight is 262 g/mol. The molecule has 4 N–H and O–H groups in total. The zero-order chi connectivity index (χ0) is 11.9. The maximum Gasteiger partial charge on any atom is 0.266 e. The molecule has 15 heavy (non-hydrogen) atoms. The summed E-state index contributed by atoms with van der Waals surface area (Å²) in [5, 5.41) is 5.20. The van der Waals surface area contributed by atoms with E-state index in [1.54, 1.807) is 0 Å². The first-order valence-electron chi connectivity index (χ1n) is 4.02. The monoisotopic (exact) mass is 262 g/mol. The summed E-state index contributed by atoms with van der Waals surface area (Å²) in [4.78, 5) is 0. The van der Waals surface area contributed by atoms with Crippen LogP contribution in [0, 0.1) is 0 Å². The normalized spacial score (nSPS) is 12.9. The smallest absolute Gasteiger partial charge is 0.266 e. The van der Waals surface area contributed by atoms with Gasteiger partial charge in [0.2, 0.25) is 0 Å². The molecule has 0 aliphatic rings. The van der Waals surface area contributed by atoms with Crippen LogP contribution in [0.2, 0.25) is 0 Å². The van der Waals surface area contributed by atoms with Gasteiger partial charge in [-0.2, -0.15) is 16.8 Å². The second-order valence-electron chi connectivity index (χ2n) is 2.75. The van der Waals surface area contributed by atoms with Crippen molar-refractivity contribution in [3.8, 4) is 0 Å². The van der Waals surface area contributed by atoms with Crippen LogP contribution in [0.15, 0.2) is 0 Å². The topological polar surface area (TPSA) is 133 Å². The molecule has 0 bridgehead atoms. The molecular weight excluding hydrogens is 248 g/mol.